The van der Waals surface area contributed by atoms with Crippen molar-refractivity contribution in [1.29, 1.82) is 5.41 Å². The zero-order valence-corrected chi connectivity index (χ0v) is 9.85. The maximum atomic E-state index is 11.8. The van der Waals surface area contributed by atoms with Gasteiger partial charge >= 0.3 is 6.03 Å². The number of hydrogen-bond donors (Lipinski definition) is 2. The van der Waals surface area contributed by atoms with Gasteiger partial charge < -0.3 is 4.90 Å². The molecule has 15 heavy (non-hydrogen) atoms. The zero-order chi connectivity index (χ0) is 11.4. The maximum Gasteiger partial charge on any atom is 0.323 e. The Balaban J connectivity index is 2.43. The molecule has 2 rings (SSSR count). The van der Waals surface area contributed by atoms with Crippen LogP contribution in [0.2, 0.25) is 0 Å². The Bertz CT molecular complexity index is 333. The van der Waals surface area contributed by atoms with E-state index >= 15 is 0 Å². The summed E-state index contributed by atoms with van der Waals surface area (Å²) in [5, 5.41) is 10.6. The lowest BCUT2D eigenvalue weighted by atomic mass is 9.81. The van der Waals surface area contributed by atoms with Crippen molar-refractivity contribution in [2.75, 3.05) is 0 Å². The van der Waals surface area contributed by atoms with Crippen molar-refractivity contribution < 1.29 is 4.79 Å². The van der Waals surface area contributed by atoms with Crippen LogP contribution in [-0.2, 0) is 0 Å². The Labute approximate surface area is 90.5 Å². The van der Waals surface area contributed by atoms with Crippen molar-refractivity contribution in [1.82, 2.24) is 10.2 Å². The van der Waals surface area contributed by atoms with Gasteiger partial charge in [0, 0.05) is 6.04 Å². The van der Waals surface area contributed by atoms with Crippen molar-refractivity contribution in [3.8, 4) is 0 Å². The van der Waals surface area contributed by atoms with Crippen LogP contribution in [0, 0.1) is 10.8 Å². The van der Waals surface area contributed by atoms with Gasteiger partial charge in [0.05, 0.1) is 0 Å². The van der Waals surface area contributed by atoms with Gasteiger partial charge in [0.2, 0.25) is 0 Å². The van der Waals surface area contributed by atoms with Crippen LogP contribution in [0.4, 0.5) is 4.79 Å². The van der Waals surface area contributed by atoms with Gasteiger partial charge in [-0.25, -0.2) is 4.79 Å². The molecule has 4 nitrogen and oxygen atoms in total. The molecule has 1 heterocycles. The lowest BCUT2D eigenvalue weighted by Crippen LogP contribution is -2.55. The molecule has 1 atom stereocenters. The molecular formula is C11H19N3O. The van der Waals surface area contributed by atoms with Crippen molar-refractivity contribution in [2.45, 2.75) is 52.1 Å². The molecule has 0 bridgehead atoms. The molecule has 2 aliphatic rings. The molecule has 1 aliphatic carbocycles. The number of urea groups is 1. The fourth-order valence-electron chi connectivity index (χ4n) is 2.63. The lowest BCUT2D eigenvalue weighted by Gasteiger charge is -2.41. The molecule has 1 unspecified atom stereocenters. The van der Waals surface area contributed by atoms with E-state index in [1.54, 1.807) is 0 Å². The number of amidine groups is 1. The Morgan fingerprint density at radius 3 is 2.33 bits per heavy atom. The number of amides is 2. The Hall–Kier alpha value is -1.06. The third-order valence-electron chi connectivity index (χ3n) is 4.11. The monoisotopic (exact) mass is 209 g/mol. The Kier molecular flexibility index (Phi) is 1.91. The minimum Gasteiger partial charge on any atom is -0.309 e. The summed E-state index contributed by atoms with van der Waals surface area (Å²) < 4.78 is 0. The van der Waals surface area contributed by atoms with Crippen LogP contribution in [0.1, 0.15) is 40.5 Å². The van der Waals surface area contributed by atoms with Crippen LogP contribution >= 0.6 is 0 Å². The molecular weight excluding hydrogens is 190 g/mol. The molecule has 84 valence electrons. The quantitative estimate of drug-likeness (QED) is 0.717. The Morgan fingerprint density at radius 2 is 1.93 bits per heavy atom. The van der Waals surface area contributed by atoms with Crippen molar-refractivity contribution in [2.24, 2.45) is 5.41 Å². The number of rotatable bonds is 2. The molecule has 0 aromatic heterocycles. The first kappa shape index (κ1) is 10.5. The highest BCUT2D eigenvalue weighted by Gasteiger charge is 2.63. The maximum absolute atomic E-state index is 11.8. The third-order valence-corrected chi connectivity index (χ3v) is 4.11. The predicted octanol–water partition coefficient (Wildman–Crippen LogP) is 1.96. The molecule has 2 amide bonds. The van der Waals surface area contributed by atoms with Crippen LogP contribution in [0.5, 0.6) is 0 Å². The van der Waals surface area contributed by atoms with E-state index in [9.17, 15) is 4.79 Å². The average Bonchev–Trinajstić information content (AvgIpc) is 2.78. The van der Waals surface area contributed by atoms with E-state index in [1.807, 2.05) is 25.7 Å². The summed E-state index contributed by atoms with van der Waals surface area (Å²) in [5.74, 6) is 0.362. The van der Waals surface area contributed by atoms with Gasteiger partial charge in [0.15, 0.2) is 0 Å². The first-order valence-corrected chi connectivity index (χ1v) is 5.52. The predicted molar refractivity (Wildman–Crippen MR) is 59.0 cm³/mol. The topological polar surface area (TPSA) is 56.2 Å². The number of nitrogens with zero attached hydrogens (tertiary/aromatic N) is 1. The molecule has 1 saturated heterocycles. The Morgan fingerprint density at radius 1 is 1.40 bits per heavy atom. The average molecular weight is 209 g/mol. The van der Waals surface area contributed by atoms with Crippen LogP contribution in [0.3, 0.4) is 0 Å². The van der Waals surface area contributed by atoms with Crippen molar-refractivity contribution in [3.63, 3.8) is 0 Å². The molecule has 2 N–H and O–H groups in total. The van der Waals surface area contributed by atoms with Crippen LogP contribution in [0.15, 0.2) is 0 Å². The summed E-state index contributed by atoms with van der Waals surface area (Å²) in [6.45, 7) is 8.18. The number of carbonyl (C=O) groups excluding carboxylic acids is 1. The lowest BCUT2D eigenvalue weighted by molar-refractivity contribution is 0.116. The van der Waals surface area contributed by atoms with E-state index in [-0.39, 0.29) is 17.5 Å². The van der Waals surface area contributed by atoms with Gasteiger partial charge in [0.1, 0.15) is 11.4 Å². The number of carbonyl (C=O) groups is 1. The summed E-state index contributed by atoms with van der Waals surface area (Å²) in [7, 11) is 0. The molecule has 2 fully saturated rings. The number of hydrogen-bond acceptors (Lipinski definition) is 2. The fourth-order valence-corrected chi connectivity index (χ4v) is 2.63. The highest BCUT2D eigenvalue weighted by molar-refractivity contribution is 6.09. The van der Waals surface area contributed by atoms with Gasteiger partial charge in [0.25, 0.3) is 0 Å². The summed E-state index contributed by atoms with van der Waals surface area (Å²) >= 11 is 0. The molecule has 0 aromatic rings. The second-order valence-corrected chi connectivity index (χ2v) is 5.40. The van der Waals surface area contributed by atoms with Gasteiger partial charge in [-0.3, -0.25) is 10.7 Å². The standard InChI is InChI=1S/C11H19N3O/c1-7(2)14-9(15)13-8(12)11(14,4)10(3)5-6-10/h7H,5-6H2,1-4H3,(H2,12,13,15). The molecule has 1 saturated carbocycles. The largest absolute Gasteiger partial charge is 0.323 e. The van der Waals surface area contributed by atoms with E-state index in [4.69, 9.17) is 5.41 Å². The van der Waals surface area contributed by atoms with Crippen molar-refractivity contribution in [3.05, 3.63) is 0 Å². The SMILES string of the molecule is CC(C)N1C(=O)NC(=N)C1(C)C1(C)CC1. The van der Waals surface area contributed by atoms with Gasteiger partial charge in [-0.2, -0.15) is 0 Å². The van der Waals surface area contributed by atoms with Gasteiger partial charge in [-0.05, 0) is 39.0 Å². The first-order valence-electron chi connectivity index (χ1n) is 5.52. The van der Waals surface area contributed by atoms with Crippen LogP contribution in [-0.4, -0.2) is 28.3 Å². The highest BCUT2D eigenvalue weighted by atomic mass is 16.2. The van der Waals surface area contributed by atoms with E-state index in [0.717, 1.165) is 12.8 Å². The molecule has 0 aromatic carbocycles. The normalized spacial score (nSPS) is 33.5. The zero-order valence-electron chi connectivity index (χ0n) is 9.85. The van der Waals surface area contributed by atoms with Gasteiger partial charge in [-0.15, -0.1) is 0 Å². The highest BCUT2D eigenvalue weighted by Crippen LogP contribution is 2.57. The summed E-state index contributed by atoms with van der Waals surface area (Å²) in [6, 6.07) is 0.0147. The summed E-state index contributed by atoms with van der Waals surface area (Å²) in [5.41, 5.74) is -0.342. The molecule has 0 radical (unpaired) electrons. The van der Waals surface area contributed by atoms with E-state index < -0.39 is 5.54 Å². The first-order chi connectivity index (χ1) is 6.83. The van der Waals surface area contributed by atoms with E-state index in [0.29, 0.717) is 5.84 Å². The minimum atomic E-state index is -0.432. The molecule has 0 spiro atoms. The van der Waals surface area contributed by atoms with E-state index in [2.05, 4.69) is 12.2 Å². The fraction of sp³-hybridized carbons (Fsp3) is 0.818. The minimum absolute atomic E-state index is 0.0908. The molecule has 4 heteroatoms. The van der Waals surface area contributed by atoms with Gasteiger partial charge in [-0.1, -0.05) is 6.92 Å². The van der Waals surface area contributed by atoms with Crippen LogP contribution in [0.25, 0.3) is 0 Å². The summed E-state index contributed by atoms with van der Waals surface area (Å²) in [6.07, 6.45) is 2.20. The van der Waals surface area contributed by atoms with Crippen molar-refractivity contribution >= 4 is 11.9 Å². The number of nitrogens with one attached hydrogen (secondary N) is 2. The third kappa shape index (κ3) is 1.13. The van der Waals surface area contributed by atoms with Crippen LogP contribution < -0.4 is 5.32 Å². The molecule has 1 aliphatic heterocycles. The summed E-state index contributed by atoms with van der Waals surface area (Å²) in [4.78, 5) is 13.6. The second kappa shape index (κ2) is 2.74. The second-order valence-electron chi connectivity index (χ2n) is 5.40. The smallest absolute Gasteiger partial charge is 0.309 e. The van der Waals surface area contributed by atoms with E-state index in [1.165, 1.54) is 0 Å².